The van der Waals surface area contributed by atoms with Crippen LogP contribution in [-0.2, 0) is 19.4 Å². The van der Waals surface area contributed by atoms with Crippen molar-refractivity contribution in [2.24, 2.45) is 5.92 Å². The molecule has 110 valence electrons. The smallest absolute Gasteiger partial charge is 0.0624 e. The van der Waals surface area contributed by atoms with Crippen LogP contribution in [0.1, 0.15) is 59.4 Å². The highest BCUT2D eigenvalue weighted by Gasteiger charge is 2.12. The highest BCUT2D eigenvalue weighted by atomic mass is 15.3. The Morgan fingerprint density at radius 1 is 1.32 bits per heavy atom. The SMILES string of the molecule is CCc1cc(CC(C)CCNC(C)(C)C)n(CC)n1. The third-order valence-electron chi connectivity index (χ3n) is 3.43. The Bertz CT molecular complexity index is 374. The van der Waals surface area contributed by atoms with E-state index < -0.39 is 0 Å². The first kappa shape index (κ1) is 16.2. The molecule has 0 aliphatic carbocycles. The molecule has 0 saturated carbocycles. The van der Waals surface area contributed by atoms with Gasteiger partial charge in [0.05, 0.1) is 5.69 Å². The zero-order chi connectivity index (χ0) is 14.5. The van der Waals surface area contributed by atoms with Gasteiger partial charge in [0.1, 0.15) is 0 Å². The van der Waals surface area contributed by atoms with Crippen LogP contribution < -0.4 is 5.32 Å². The van der Waals surface area contributed by atoms with Crippen molar-refractivity contribution < 1.29 is 0 Å². The molecule has 0 bridgehead atoms. The third-order valence-corrected chi connectivity index (χ3v) is 3.43. The second-order valence-corrected chi connectivity index (χ2v) is 6.57. The summed E-state index contributed by atoms with van der Waals surface area (Å²) < 4.78 is 2.16. The second-order valence-electron chi connectivity index (χ2n) is 6.57. The van der Waals surface area contributed by atoms with E-state index in [-0.39, 0.29) is 5.54 Å². The first-order valence-electron chi connectivity index (χ1n) is 7.66. The lowest BCUT2D eigenvalue weighted by Gasteiger charge is -2.22. The summed E-state index contributed by atoms with van der Waals surface area (Å²) in [7, 11) is 0. The predicted molar refractivity (Wildman–Crippen MR) is 82.5 cm³/mol. The molecule has 1 rings (SSSR count). The summed E-state index contributed by atoms with van der Waals surface area (Å²) in [6, 6.07) is 2.27. The minimum absolute atomic E-state index is 0.223. The molecule has 1 heterocycles. The Hall–Kier alpha value is -0.830. The minimum atomic E-state index is 0.223. The number of hydrogen-bond acceptors (Lipinski definition) is 2. The van der Waals surface area contributed by atoms with Crippen molar-refractivity contribution in [2.75, 3.05) is 6.54 Å². The van der Waals surface area contributed by atoms with Gasteiger partial charge in [-0.25, -0.2) is 0 Å². The quantitative estimate of drug-likeness (QED) is 0.818. The molecule has 0 amide bonds. The van der Waals surface area contributed by atoms with Crippen LogP contribution in [-0.4, -0.2) is 21.9 Å². The van der Waals surface area contributed by atoms with Crippen molar-refractivity contribution in [1.82, 2.24) is 15.1 Å². The molecule has 0 saturated heterocycles. The first-order chi connectivity index (χ1) is 8.85. The lowest BCUT2D eigenvalue weighted by molar-refractivity contribution is 0.390. The van der Waals surface area contributed by atoms with E-state index >= 15 is 0 Å². The molecule has 0 aromatic carbocycles. The van der Waals surface area contributed by atoms with E-state index in [9.17, 15) is 0 Å². The van der Waals surface area contributed by atoms with E-state index in [1.54, 1.807) is 0 Å². The summed E-state index contributed by atoms with van der Waals surface area (Å²) in [6.07, 6.45) is 3.38. The Morgan fingerprint density at radius 3 is 2.53 bits per heavy atom. The topological polar surface area (TPSA) is 29.9 Å². The van der Waals surface area contributed by atoms with Crippen LogP contribution in [0.4, 0.5) is 0 Å². The van der Waals surface area contributed by atoms with Crippen molar-refractivity contribution in [3.8, 4) is 0 Å². The largest absolute Gasteiger partial charge is 0.312 e. The molecular formula is C16H31N3. The van der Waals surface area contributed by atoms with Crippen molar-refractivity contribution in [3.63, 3.8) is 0 Å². The Kier molecular flexibility index (Phi) is 6.05. The zero-order valence-corrected chi connectivity index (χ0v) is 13.6. The standard InChI is InChI=1S/C16H31N3/c1-7-14-12-15(19(8-2)18-14)11-13(3)9-10-17-16(4,5)6/h12-13,17H,7-11H2,1-6H3. The van der Waals surface area contributed by atoms with Gasteiger partial charge in [0.15, 0.2) is 0 Å². The summed E-state index contributed by atoms with van der Waals surface area (Å²) in [5, 5.41) is 8.18. The van der Waals surface area contributed by atoms with Gasteiger partial charge < -0.3 is 5.32 Å². The van der Waals surface area contributed by atoms with Gasteiger partial charge in [-0.3, -0.25) is 4.68 Å². The molecule has 0 aliphatic rings. The Labute approximate surface area is 118 Å². The fraction of sp³-hybridized carbons (Fsp3) is 0.812. The summed E-state index contributed by atoms with van der Waals surface area (Å²) in [5.74, 6) is 0.696. The normalized spacial score (nSPS) is 13.8. The van der Waals surface area contributed by atoms with Crippen LogP contribution in [0.2, 0.25) is 0 Å². The van der Waals surface area contributed by atoms with Gasteiger partial charge in [-0.1, -0.05) is 13.8 Å². The molecule has 1 unspecified atom stereocenters. The van der Waals surface area contributed by atoms with Gasteiger partial charge in [-0.2, -0.15) is 5.10 Å². The maximum Gasteiger partial charge on any atom is 0.0624 e. The van der Waals surface area contributed by atoms with Gasteiger partial charge in [0, 0.05) is 17.8 Å². The second kappa shape index (κ2) is 7.09. The van der Waals surface area contributed by atoms with Crippen LogP contribution in [0.3, 0.4) is 0 Å². The average molecular weight is 265 g/mol. The van der Waals surface area contributed by atoms with Gasteiger partial charge in [0.2, 0.25) is 0 Å². The third kappa shape index (κ3) is 5.77. The zero-order valence-electron chi connectivity index (χ0n) is 13.6. The lowest BCUT2D eigenvalue weighted by atomic mass is 10.0. The highest BCUT2D eigenvalue weighted by Crippen LogP contribution is 2.14. The number of nitrogens with one attached hydrogen (secondary N) is 1. The highest BCUT2D eigenvalue weighted by molar-refractivity contribution is 5.11. The van der Waals surface area contributed by atoms with Gasteiger partial charge in [-0.05, 0) is 65.5 Å². The molecule has 3 nitrogen and oxygen atoms in total. The molecule has 0 spiro atoms. The summed E-state index contributed by atoms with van der Waals surface area (Å²) in [6.45, 7) is 15.4. The molecule has 1 aromatic rings. The molecule has 0 aliphatic heterocycles. The molecule has 1 aromatic heterocycles. The van der Waals surface area contributed by atoms with Crippen molar-refractivity contribution in [1.29, 1.82) is 0 Å². The molecule has 1 N–H and O–H groups in total. The maximum atomic E-state index is 4.62. The molecule has 0 fully saturated rings. The fourth-order valence-electron chi connectivity index (χ4n) is 2.28. The maximum absolute atomic E-state index is 4.62. The van der Waals surface area contributed by atoms with Crippen LogP contribution in [0.5, 0.6) is 0 Å². The van der Waals surface area contributed by atoms with E-state index in [0.717, 1.165) is 25.9 Å². The van der Waals surface area contributed by atoms with Gasteiger partial charge >= 0.3 is 0 Å². The number of aryl methyl sites for hydroxylation is 2. The Balaban J connectivity index is 2.47. The average Bonchev–Trinajstić information content (AvgIpc) is 2.69. The molecule has 1 atom stereocenters. The summed E-state index contributed by atoms with van der Waals surface area (Å²) in [4.78, 5) is 0. The predicted octanol–water partition coefficient (Wildman–Crippen LogP) is 3.42. The Morgan fingerprint density at radius 2 is 2.00 bits per heavy atom. The first-order valence-corrected chi connectivity index (χ1v) is 7.66. The minimum Gasteiger partial charge on any atom is -0.312 e. The van der Waals surface area contributed by atoms with E-state index in [0.29, 0.717) is 5.92 Å². The molecular weight excluding hydrogens is 234 g/mol. The van der Waals surface area contributed by atoms with E-state index in [1.807, 2.05) is 0 Å². The van der Waals surface area contributed by atoms with E-state index in [1.165, 1.54) is 17.8 Å². The number of rotatable bonds is 7. The van der Waals surface area contributed by atoms with Crippen LogP contribution in [0.25, 0.3) is 0 Å². The number of hydrogen-bond donors (Lipinski definition) is 1. The van der Waals surface area contributed by atoms with Crippen LogP contribution in [0, 0.1) is 5.92 Å². The molecule has 19 heavy (non-hydrogen) atoms. The van der Waals surface area contributed by atoms with Gasteiger partial charge in [0.25, 0.3) is 0 Å². The fourth-order valence-corrected chi connectivity index (χ4v) is 2.28. The monoisotopic (exact) mass is 265 g/mol. The van der Waals surface area contributed by atoms with Crippen molar-refractivity contribution >= 4 is 0 Å². The van der Waals surface area contributed by atoms with Crippen LogP contribution >= 0.6 is 0 Å². The number of aromatic nitrogens is 2. The van der Waals surface area contributed by atoms with Gasteiger partial charge in [-0.15, -0.1) is 0 Å². The van der Waals surface area contributed by atoms with Crippen molar-refractivity contribution in [3.05, 3.63) is 17.5 Å². The summed E-state index contributed by atoms with van der Waals surface area (Å²) >= 11 is 0. The van der Waals surface area contributed by atoms with Crippen LogP contribution in [0.15, 0.2) is 6.07 Å². The lowest BCUT2D eigenvalue weighted by Crippen LogP contribution is -2.37. The molecule has 0 radical (unpaired) electrons. The summed E-state index contributed by atoms with van der Waals surface area (Å²) in [5.41, 5.74) is 2.83. The number of nitrogens with zero attached hydrogens (tertiary/aromatic N) is 2. The molecule has 3 heteroatoms. The van der Waals surface area contributed by atoms with Crippen molar-refractivity contribution in [2.45, 2.75) is 72.9 Å². The van der Waals surface area contributed by atoms with E-state index in [2.05, 4.69) is 62.7 Å². The van der Waals surface area contributed by atoms with E-state index in [4.69, 9.17) is 0 Å².